The third-order valence-electron chi connectivity index (χ3n) is 19.8. The van der Waals surface area contributed by atoms with Crippen LogP contribution in [0, 0.1) is 130 Å². The van der Waals surface area contributed by atoms with Gasteiger partial charge in [0, 0.05) is 6.42 Å². The molecular formula is C46H70O8. The van der Waals surface area contributed by atoms with Crippen LogP contribution >= 0.6 is 0 Å². The molecule has 10 aliphatic carbocycles. The summed E-state index contributed by atoms with van der Waals surface area (Å²) < 4.78 is 15.6. The number of hydrogen-bond acceptors (Lipinski definition) is 8. The molecule has 11 aliphatic rings. The first-order valence-corrected chi connectivity index (χ1v) is 22.6. The Morgan fingerprint density at radius 1 is 0.630 bits per heavy atom. The summed E-state index contributed by atoms with van der Waals surface area (Å²) in [5.74, 6) is 15.9. The van der Waals surface area contributed by atoms with Gasteiger partial charge in [-0.2, -0.15) is 0 Å². The quantitative estimate of drug-likeness (QED) is 0.175. The molecule has 0 amide bonds. The minimum atomic E-state index is -0.642. The van der Waals surface area contributed by atoms with E-state index in [-0.39, 0.29) is 42.5 Å². The molecule has 25 atom stereocenters. The lowest BCUT2D eigenvalue weighted by atomic mass is 9.62. The van der Waals surface area contributed by atoms with E-state index in [2.05, 4.69) is 41.5 Å². The number of esters is 3. The van der Waals surface area contributed by atoms with E-state index in [1.54, 1.807) is 6.92 Å². The van der Waals surface area contributed by atoms with Crippen LogP contribution in [0.4, 0.5) is 0 Å². The predicted molar refractivity (Wildman–Crippen MR) is 202 cm³/mol. The van der Waals surface area contributed by atoms with E-state index in [1.807, 2.05) is 0 Å². The molecular weight excluding hydrogens is 680 g/mol. The third kappa shape index (κ3) is 5.80. The first kappa shape index (κ1) is 37.9. The van der Waals surface area contributed by atoms with E-state index >= 15 is 0 Å². The zero-order chi connectivity index (χ0) is 38.1. The van der Waals surface area contributed by atoms with Crippen LogP contribution in [0.3, 0.4) is 0 Å². The summed E-state index contributed by atoms with van der Waals surface area (Å²) >= 11 is 0. The van der Waals surface area contributed by atoms with Crippen LogP contribution in [0.1, 0.15) is 106 Å². The Morgan fingerprint density at radius 3 is 1.69 bits per heavy atom. The van der Waals surface area contributed by atoms with Gasteiger partial charge in [-0.15, -0.1) is 0 Å². The lowest BCUT2D eigenvalue weighted by molar-refractivity contribution is -0.166. The summed E-state index contributed by atoms with van der Waals surface area (Å²) in [4.78, 5) is 36.1. The van der Waals surface area contributed by atoms with Crippen molar-refractivity contribution in [1.82, 2.24) is 0 Å². The number of rotatable bonds is 5. The molecule has 2 N–H and O–H groups in total. The summed E-state index contributed by atoms with van der Waals surface area (Å²) in [6.45, 7) is 16.5. The van der Waals surface area contributed by atoms with Crippen molar-refractivity contribution in [3.63, 3.8) is 0 Å². The summed E-state index contributed by atoms with van der Waals surface area (Å²) in [6.07, 6.45) is 9.18. The SMILES string of the molecule is CC(O)COC(=O)C1CC2CC1C(C)C2C.CC1C(C)C2CC1C1C3CC(C(=O)OC4CCOC4=O)C(C3)C21.CC1C(C)C2CC1C1C3CC(O)C(C3)C21. The van der Waals surface area contributed by atoms with Gasteiger partial charge in [0.1, 0.15) is 6.61 Å². The Labute approximate surface area is 324 Å². The monoisotopic (exact) mass is 751 g/mol. The fourth-order valence-electron chi connectivity index (χ4n) is 17.0. The van der Waals surface area contributed by atoms with Crippen LogP contribution in [-0.2, 0) is 28.6 Å². The van der Waals surface area contributed by atoms with E-state index in [4.69, 9.17) is 19.3 Å². The molecule has 25 unspecified atom stereocenters. The molecule has 0 radical (unpaired) electrons. The molecule has 8 heteroatoms. The third-order valence-corrected chi connectivity index (χ3v) is 19.8. The van der Waals surface area contributed by atoms with Gasteiger partial charge in [-0.1, -0.05) is 41.5 Å². The Kier molecular flexibility index (Phi) is 9.83. The van der Waals surface area contributed by atoms with Gasteiger partial charge >= 0.3 is 17.9 Å². The first-order chi connectivity index (χ1) is 25.7. The smallest absolute Gasteiger partial charge is 0.347 e. The van der Waals surface area contributed by atoms with Crippen LogP contribution in [-0.4, -0.2) is 59.6 Å². The number of fused-ring (bicyclic) bond motifs is 20. The van der Waals surface area contributed by atoms with Crippen molar-refractivity contribution in [2.75, 3.05) is 13.2 Å². The van der Waals surface area contributed by atoms with Gasteiger partial charge in [0.15, 0.2) is 0 Å². The van der Waals surface area contributed by atoms with Gasteiger partial charge in [-0.25, -0.2) is 4.79 Å². The van der Waals surface area contributed by atoms with Crippen LogP contribution < -0.4 is 0 Å². The van der Waals surface area contributed by atoms with E-state index in [9.17, 15) is 19.5 Å². The largest absolute Gasteiger partial charge is 0.463 e. The van der Waals surface area contributed by atoms with Gasteiger partial charge in [0.25, 0.3) is 0 Å². The average Bonchev–Trinajstić information content (AvgIpc) is 3.97. The Hall–Kier alpha value is -1.67. The second-order valence-electron chi connectivity index (χ2n) is 21.4. The Bertz CT molecular complexity index is 1460. The van der Waals surface area contributed by atoms with Gasteiger partial charge in [0.05, 0.1) is 30.7 Å². The van der Waals surface area contributed by atoms with Crippen LogP contribution in [0.15, 0.2) is 0 Å². The van der Waals surface area contributed by atoms with E-state index in [0.29, 0.717) is 42.6 Å². The van der Waals surface area contributed by atoms with E-state index < -0.39 is 12.2 Å². The fourth-order valence-corrected chi connectivity index (χ4v) is 17.0. The number of carbonyl (C=O) groups is 3. The standard InChI is InChI=1S/C19H26O4.C14H22O.C13H22O3/c1-8-9(2)12-7-11(8)16-10-5-13(17(12)16)14(6-10)18(20)23-15-3-4-22-19(15)21;1-6-7(2)10-5-9(6)13-8-3-11(14(10)13)12(15)4-8;1-7(14)6-16-13(15)12-5-10-4-11(12)9(3)8(10)2/h8-17H,3-7H2,1-2H3;6-15H,3-5H2,1-2H3;7-12,14H,4-6H2,1-3H3. The van der Waals surface area contributed by atoms with Gasteiger partial charge < -0.3 is 24.4 Å². The molecule has 1 saturated heterocycles. The second kappa shape index (κ2) is 14.0. The van der Waals surface area contributed by atoms with Crippen LogP contribution in [0.2, 0.25) is 0 Å². The van der Waals surface area contributed by atoms with Crippen molar-refractivity contribution in [3.05, 3.63) is 0 Å². The molecule has 10 saturated carbocycles. The molecule has 11 rings (SSSR count). The number of aliphatic hydroxyl groups excluding tert-OH is 2. The number of aliphatic hydroxyl groups is 2. The highest BCUT2D eigenvalue weighted by atomic mass is 16.6. The molecule has 0 aromatic heterocycles. The summed E-state index contributed by atoms with van der Waals surface area (Å²) in [7, 11) is 0. The van der Waals surface area contributed by atoms with E-state index in [0.717, 1.165) is 108 Å². The highest BCUT2D eigenvalue weighted by Crippen LogP contribution is 2.72. The predicted octanol–water partition coefficient (Wildman–Crippen LogP) is 7.04. The summed E-state index contributed by atoms with van der Waals surface area (Å²) in [5.41, 5.74) is 0. The van der Waals surface area contributed by atoms with Crippen molar-refractivity contribution >= 4 is 17.9 Å². The number of carbonyl (C=O) groups excluding carboxylic acids is 3. The molecule has 0 aromatic carbocycles. The molecule has 10 bridgehead atoms. The average molecular weight is 751 g/mol. The van der Waals surface area contributed by atoms with Crippen molar-refractivity contribution in [2.24, 2.45) is 130 Å². The van der Waals surface area contributed by atoms with Gasteiger partial charge in [-0.3, -0.25) is 9.59 Å². The van der Waals surface area contributed by atoms with Gasteiger partial charge in [0.2, 0.25) is 6.10 Å². The van der Waals surface area contributed by atoms with Crippen LogP contribution in [0.25, 0.3) is 0 Å². The first-order valence-electron chi connectivity index (χ1n) is 22.6. The molecule has 302 valence electrons. The summed E-state index contributed by atoms with van der Waals surface area (Å²) in [5, 5.41) is 19.1. The van der Waals surface area contributed by atoms with Crippen molar-refractivity contribution in [2.45, 2.75) is 125 Å². The zero-order valence-electron chi connectivity index (χ0n) is 34.1. The molecule has 0 spiro atoms. The normalized spacial score (nSPS) is 56.2. The number of ether oxygens (including phenoxy) is 3. The Morgan fingerprint density at radius 2 is 1.13 bits per heavy atom. The van der Waals surface area contributed by atoms with Crippen molar-refractivity contribution < 1.29 is 38.8 Å². The minimum Gasteiger partial charge on any atom is -0.463 e. The molecule has 0 aromatic rings. The maximum Gasteiger partial charge on any atom is 0.347 e. The van der Waals surface area contributed by atoms with Gasteiger partial charge in [-0.05, 0) is 177 Å². The van der Waals surface area contributed by atoms with Crippen LogP contribution in [0.5, 0.6) is 0 Å². The Balaban J connectivity index is 0.000000110. The molecule has 54 heavy (non-hydrogen) atoms. The topological polar surface area (TPSA) is 119 Å². The lowest BCUT2D eigenvalue weighted by Crippen LogP contribution is -2.41. The molecule has 1 heterocycles. The number of hydrogen-bond donors (Lipinski definition) is 2. The highest BCUT2D eigenvalue weighted by molar-refractivity contribution is 5.82. The van der Waals surface area contributed by atoms with Crippen molar-refractivity contribution in [1.29, 1.82) is 0 Å². The summed E-state index contributed by atoms with van der Waals surface area (Å²) in [6, 6.07) is 0. The highest BCUT2D eigenvalue weighted by Gasteiger charge is 2.68. The maximum atomic E-state index is 12.6. The fraction of sp³-hybridized carbons (Fsp3) is 0.935. The molecule has 11 fully saturated rings. The number of cyclic esters (lactones) is 1. The van der Waals surface area contributed by atoms with E-state index in [1.165, 1.54) is 32.1 Å². The molecule has 1 aliphatic heterocycles. The zero-order valence-corrected chi connectivity index (χ0v) is 34.1. The maximum absolute atomic E-state index is 12.6. The second-order valence-corrected chi connectivity index (χ2v) is 21.4. The minimum absolute atomic E-state index is 0.0384. The molecule has 8 nitrogen and oxygen atoms in total. The van der Waals surface area contributed by atoms with Crippen molar-refractivity contribution in [3.8, 4) is 0 Å². The lowest BCUT2D eigenvalue weighted by Gasteiger charge is -2.43.